The summed E-state index contributed by atoms with van der Waals surface area (Å²) in [4.78, 5) is 12.3. The van der Waals surface area contributed by atoms with Gasteiger partial charge >= 0.3 is 0 Å². The molecule has 106 valence electrons. The molecule has 0 unspecified atom stereocenters. The summed E-state index contributed by atoms with van der Waals surface area (Å²) < 4.78 is 0. The van der Waals surface area contributed by atoms with Crippen LogP contribution in [-0.2, 0) is 0 Å². The molecule has 20 heavy (non-hydrogen) atoms. The molecule has 7 heteroatoms. The number of benzene rings is 1. The third-order valence-electron chi connectivity index (χ3n) is 2.99. The molecule has 1 heterocycles. The number of tetrazole rings is 1. The highest BCUT2D eigenvalue weighted by Crippen LogP contribution is 2.21. The largest absolute Gasteiger partial charge is 0.342 e. The van der Waals surface area contributed by atoms with Gasteiger partial charge in [-0.2, -0.15) is 5.21 Å². The Morgan fingerprint density at radius 1 is 1.50 bits per heavy atom. The molecular formula is C13H16ClN5O. The van der Waals surface area contributed by atoms with Crippen molar-refractivity contribution in [1.82, 2.24) is 25.9 Å². The lowest BCUT2D eigenvalue weighted by atomic mass is 10.1. The normalized spacial score (nSPS) is 12.2. The van der Waals surface area contributed by atoms with E-state index in [-0.39, 0.29) is 11.9 Å². The molecule has 0 spiro atoms. The van der Waals surface area contributed by atoms with Crippen LogP contribution in [0.5, 0.6) is 0 Å². The molecule has 0 aliphatic carbocycles. The molecule has 1 aromatic carbocycles. The van der Waals surface area contributed by atoms with E-state index in [2.05, 4.69) is 25.9 Å². The Labute approximate surface area is 121 Å². The Bertz CT molecular complexity index is 584. The number of aromatic nitrogens is 4. The molecule has 2 aromatic rings. The molecule has 6 nitrogen and oxygen atoms in total. The van der Waals surface area contributed by atoms with Crippen molar-refractivity contribution < 1.29 is 4.79 Å². The number of carbonyl (C=O) groups is 1. The zero-order valence-corrected chi connectivity index (χ0v) is 12.1. The lowest BCUT2D eigenvalue weighted by Crippen LogP contribution is -2.29. The summed E-state index contributed by atoms with van der Waals surface area (Å²) in [6.07, 6.45) is 1.62. The second kappa shape index (κ2) is 6.47. The first kappa shape index (κ1) is 14.5. The number of H-pyrrole nitrogens is 1. The van der Waals surface area contributed by atoms with Gasteiger partial charge in [-0.15, -0.1) is 10.2 Å². The summed E-state index contributed by atoms with van der Waals surface area (Å²) in [5.74, 6) is 0.242. The van der Waals surface area contributed by atoms with Crippen molar-refractivity contribution in [3.63, 3.8) is 0 Å². The molecule has 0 aliphatic heterocycles. The number of carbonyl (C=O) groups excluding carboxylic acids is 1. The Balaban J connectivity index is 2.18. The zero-order chi connectivity index (χ0) is 14.5. The van der Waals surface area contributed by atoms with Gasteiger partial charge in [0.15, 0.2) is 5.82 Å². The second-order valence-corrected chi connectivity index (χ2v) is 4.90. The first-order valence-corrected chi connectivity index (χ1v) is 6.80. The fourth-order valence-corrected chi connectivity index (χ4v) is 2.14. The van der Waals surface area contributed by atoms with Gasteiger partial charge in [-0.1, -0.05) is 42.3 Å². The highest BCUT2D eigenvalue weighted by Gasteiger charge is 2.20. The number of amides is 1. The van der Waals surface area contributed by atoms with E-state index in [9.17, 15) is 4.79 Å². The molecule has 0 aliphatic rings. The highest BCUT2D eigenvalue weighted by atomic mass is 35.5. The summed E-state index contributed by atoms with van der Waals surface area (Å²) in [6, 6.07) is 5.09. The molecule has 0 radical (unpaired) electrons. The van der Waals surface area contributed by atoms with Crippen LogP contribution in [-0.4, -0.2) is 26.5 Å². The Kier molecular flexibility index (Phi) is 4.68. The molecule has 1 aromatic heterocycles. The van der Waals surface area contributed by atoms with Crippen LogP contribution in [0.4, 0.5) is 0 Å². The van der Waals surface area contributed by atoms with E-state index >= 15 is 0 Å². The molecular weight excluding hydrogens is 278 g/mol. The SMILES string of the molecule is CCC[C@H](NC(=O)c1cccc(C)c1Cl)c1nn[nH]n1. The van der Waals surface area contributed by atoms with E-state index < -0.39 is 0 Å². The minimum Gasteiger partial charge on any atom is -0.342 e. The van der Waals surface area contributed by atoms with Crippen LogP contribution in [0.25, 0.3) is 0 Å². The maximum Gasteiger partial charge on any atom is 0.253 e. The standard InChI is InChI=1S/C13H16ClN5O/c1-3-5-10(12-16-18-19-17-12)15-13(20)9-7-4-6-8(2)11(9)14/h4,6-7,10H,3,5H2,1-2H3,(H,15,20)(H,16,17,18,19)/t10-/m0/s1. The summed E-state index contributed by atoms with van der Waals surface area (Å²) in [7, 11) is 0. The molecule has 0 saturated heterocycles. The number of nitrogens with one attached hydrogen (secondary N) is 2. The van der Waals surface area contributed by atoms with Crippen molar-refractivity contribution in [3.8, 4) is 0 Å². The van der Waals surface area contributed by atoms with Crippen LogP contribution < -0.4 is 5.32 Å². The number of halogens is 1. The average Bonchev–Trinajstić information content (AvgIpc) is 2.95. The molecule has 1 amide bonds. The Morgan fingerprint density at radius 2 is 2.30 bits per heavy atom. The van der Waals surface area contributed by atoms with Crippen molar-refractivity contribution in [1.29, 1.82) is 0 Å². The minimum absolute atomic E-state index is 0.234. The summed E-state index contributed by atoms with van der Waals surface area (Å²) in [6.45, 7) is 3.89. The fourth-order valence-electron chi connectivity index (χ4n) is 1.93. The highest BCUT2D eigenvalue weighted by molar-refractivity contribution is 6.34. The predicted octanol–water partition coefficient (Wildman–Crippen LogP) is 2.43. The lowest BCUT2D eigenvalue weighted by Gasteiger charge is -2.15. The topological polar surface area (TPSA) is 83.6 Å². The van der Waals surface area contributed by atoms with Crippen LogP contribution in [0, 0.1) is 6.92 Å². The maximum absolute atomic E-state index is 12.3. The van der Waals surface area contributed by atoms with Gasteiger partial charge in [-0.3, -0.25) is 4.79 Å². The number of aromatic amines is 1. The van der Waals surface area contributed by atoms with Gasteiger partial charge in [-0.25, -0.2) is 0 Å². The van der Waals surface area contributed by atoms with Crippen molar-refractivity contribution in [3.05, 3.63) is 40.2 Å². The third-order valence-corrected chi connectivity index (χ3v) is 3.49. The average molecular weight is 294 g/mol. The zero-order valence-electron chi connectivity index (χ0n) is 11.4. The number of hydrogen-bond acceptors (Lipinski definition) is 4. The van der Waals surface area contributed by atoms with Crippen LogP contribution in [0.1, 0.15) is 47.6 Å². The molecule has 2 N–H and O–H groups in total. The fraction of sp³-hybridized carbons (Fsp3) is 0.385. The number of nitrogens with zero attached hydrogens (tertiary/aromatic N) is 3. The Morgan fingerprint density at radius 3 is 2.95 bits per heavy atom. The molecule has 2 rings (SSSR count). The Hall–Kier alpha value is -1.95. The van der Waals surface area contributed by atoms with E-state index in [0.29, 0.717) is 16.4 Å². The van der Waals surface area contributed by atoms with Gasteiger partial charge < -0.3 is 5.32 Å². The van der Waals surface area contributed by atoms with Crippen molar-refractivity contribution in [2.75, 3.05) is 0 Å². The van der Waals surface area contributed by atoms with Gasteiger partial charge in [0.1, 0.15) is 0 Å². The number of hydrogen-bond donors (Lipinski definition) is 2. The first-order chi connectivity index (χ1) is 9.63. The smallest absolute Gasteiger partial charge is 0.253 e. The van der Waals surface area contributed by atoms with E-state index in [0.717, 1.165) is 18.4 Å². The lowest BCUT2D eigenvalue weighted by molar-refractivity contribution is 0.0932. The molecule has 1 atom stereocenters. The van der Waals surface area contributed by atoms with E-state index in [1.54, 1.807) is 12.1 Å². The van der Waals surface area contributed by atoms with Gasteiger partial charge in [-0.05, 0) is 25.0 Å². The van der Waals surface area contributed by atoms with Gasteiger partial charge in [0.25, 0.3) is 5.91 Å². The predicted molar refractivity (Wildman–Crippen MR) is 75.5 cm³/mol. The molecule has 0 bridgehead atoms. The third kappa shape index (κ3) is 3.14. The van der Waals surface area contributed by atoms with Crippen LogP contribution in [0.2, 0.25) is 5.02 Å². The summed E-state index contributed by atoms with van der Waals surface area (Å²) >= 11 is 6.16. The number of aryl methyl sites for hydroxylation is 1. The van der Waals surface area contributed by atoms with Crippen molar-refractivity contribution in [2.45, 2.75) is 32.7 Å². The monoisotopic (exact) mass is 293 g/mol. The second-order valence-electron chi connectivity index (χ2n) is 4.52. The van der Waals surface area contributed by atoms with Crippen molar-refractivity contribution in [2.24, 2.45) is 0 Å². The molecule has 0 fully saturated rings. The quantitative estimate of drug-likeness (QED) is 0.887. The van der Waals surface area contributed by atoms with E-state index in [1.807, 2.05) is 19.9 Å². The number of rotatable bonds is 5. The van der Waals surface area contributed by atoms with Gasteiger partial charge in [0, 0.05) is 0 Å². The van der Waals surface area contributed by atoms with Crippen LogP contribution in [0.3, 0.4) is 0 Å². The maximum atomic E-state index is 12.3. The molecule has 0 saturated carbocycles. The summed E-state index contributed by atoms with van der Waals surface area (Å²) in [5, 5.41) is 17.1. The van der Waals surface area contributed by atoms with Crippen LogP contribution in [0.15, 0.2) is 18.2 Å². The minimum atomic E-state index is -0.275. The van der Waals surface area contributed by atoms with E-state index in [4.69, 9.17) is 11.6 Å². The van der Waals surface area contributed by atoms with Crippen LogP contribution >= 0.6 is 11.6 Å². The van der Waals surface area contributed by atoms with Gasteiger partial charge in [0.05, 0.1) is 16.6 Å². The first-order valence-electron chi connectivity index (χ1n) is 6.42. The summed E-state index contributed by atoms with van der Waals surface area (Å²) in [5.41, 5.74) is 1.32. The van der Waals surface area contributed by atoms with Gasteiger partial charge in [0.2, 0.25) is 0 Å². The van der Waals surface area contributed by atoms with E-state index in [1.165, 1.54) is 0 Å². The van der Waals surface area contributed by atoms with Crippen molar-refractivity contribution >= 4 is 17.5 Å².